The van der Waals surface area contributed by atoms with Gasteiger partial charge in [-0.1, -0.05) is 49.6 Å². The molecule has 4 heteroatoms. The zero-order chi connectivity index (χ0) is 12.7. The second-order valence-corrected chi connectivity index (χ2v) is 3.38. The van der Waals surface area contributed by atoms with E-state index in [-0.39, 0.29) is 0 Å². The fraction of sp³-hybridized carbons (Fsp3) is 0.0769. The van der Waals surface area contributed by atoms with Crippen LogP contribution in [-0.2, 0) is 0 Å². The molecule has 0 saturated heterocycles. The molecular weight excluding hydrogens is 215 g/mol. The molecule has 3 nitrogen and oxygen atoms in total. The van der Waals surface area contributed by atoms with E-state index in [0.717, 1.165) is 5.57 Å². The Morgan fingerprint density at radius 2 is 2.00 bits per heavy atom. The van der Waals surface area contributed by atoms with Crippen molar-refractivity contribution in [3.05, 3.63) is 61.2 Å². The molecule has 0 heterocycles. The first-order valence-corrected chi connectivity index (χ1v) is 5.21. The highest BCUT2D eigenvalue weighted by molar-refractivity contribution is 6.59. The molecule has 0 aliphatic heterocycles. The summed E-state index contributed by atoms with van der Waals surface area (Å²) in [5, 5.41) is 18.3. The average molecular weight is 230 g/mol. The highest BCUT2D eigenvalue weighted by Crippen LogP contribution is 2.09. The molecule has 1 rings (SSSR count). The summed E-state index contributed by atoms with van der Waals surface area (Å²) in [6, 6.07) is 6.77. The molecule has 1 aromatic rings. The summed E-state index contributed by atoms with van der Waals surface area (Å²) in [5.74, 6) is 0.444. The largest absolute Gasteiger partial charge is 0.492 e. The summed E-state index contributed by atoms with van der Waals surface area (Å²) >= 11 is 0. The third-order valence-electron chi connectivity index (χ3n) is 2.19. The molecule has 0 atom stereocenters. The molecule has 0 fully saturated rings. The lowest BCUT2D eigenvalue weighted by atomic mass is 9.79. The number of ether oxygens (including phenoxy) is 1. The van der Waals surface area contributed by atoms with Gasteiger partial charge in [0.05, 0.1) is 0 Å². The first-order chi connectivity index (χ1) is 8.19. The predicted octanol–water partition coefficient (Wildman–Crippen LogP) is 1.04. The van der Waals surface area contributed by atoms with Crippen LogP contribution >= 0.6 is 0 Å². The van der Waals surface area contributed by atoms with Crippen LogP contribution in [0, 0.1) is 0 Å². The minimum atomic E-state index is -1.54. The summed E-state index contributed by atoms with van der Waals surface area (Å²) in [6.45, 7) is 7.55. The first-order valence-electron chi connectivity index (χ1n) is 5.21. The van der Waals surface area contributed by atoms with Crippen molar-refractivity contribution >= 4 is 12.6 Å². The lowest BCUT2D eigenvalue weighted by Crippen LogP contribution is -2.31. The highest BCUT2D eigenvalue weighted by atomic mass is 16.5. The Morgan fingerprint density at radius 3 is 2.59 bits per heavy atom. The van der Waals surface area contributed by atoms with E-state index in [1.807, 2.05) is 0 Å². The van der Waals surface area contributed by atoms with Crippen LogP contribution < -0.4 is 10.2 Å². The maximum atomic E-state index is 9.15. The van der Waals surface area contributed by atoms with E-state index >= 15 is 0 Å². The Labute approximate surface area is 102 Å². The van der Waals surface area contributed by atoms with Gasteiger partial charge in [0.1, 0.15) is 12.4 Å². The van der Waals surface area contributed by atoms with Gasteiger partial charge in [-0.15, -0.1) is 0 Å². The van der Waals surface area contributed by atoms with Gasteiger partial charge in [-0.3, -0.25) is 0 Å². The molecule has 1 aromatic carbocycles. The van der Waals surface area contributed by atoms with Gasteiger partial charge in [0.25, 0.3) is 0 Å². The molecule has 0 aliphatic carbocycles. The SMILES string of the molecule is C=C/C=C(\C=C)COc1ccccc1B(O)O. The number of para-hydroxylation sites is 1. The summed E-state index contributed by atoms with van der Waals surface area (Å²) in [7, 11) is -1.54. The molecule has 88 valence electrons. The third-order valence-corrected chi connectivity index (χ3v) is 2.19. The molecule has 0 spiro atoms. The maximum Gasteiger partial charge on any atom is 0.492 e. The van der Waals surface area contributed by atoms with Gasteiger partial charge in [0.15, 0.2) is 0 Å². The minimum Gasteiger partial charge on any atom is -0.489 e. The zero-order valence-corrected chi connectivity index (χ0v) is 9.54. The second kappa shape index (κ2) is 6.73. The summed E-state index contributed by atoms with van der Waals surface area (Å²) in [4.78, 5) is 0. The number of rotatable bonds is 6. The third kappa shape index (κ3) is 3.94. The lowest BCUT2D eigenvalue weighted by Gasteiger charge is -2.11. The maximum absolute atomic E-state index is 9.15. The van der Waals surface area contributed by atoms with Crippen LogP contribution in [0.1, 0.15) is 0 Å². The van der Waals surface area contributed by atoms with E-state index < -0.39 is 7.12 Å². The van der Waals surface area contributed by atoms with Gasteiger partial charge in [-0.05, 0) is 11.6 Å². The number of hydrogen-bond donors (Lipinski definition) is 2. The first kappa shape index (κ1) is 13.3. The monoisotopic (exact) mass is 230 g/mol. The van der Waals surface area contributed by atoms with Gasteiger partial charge in [0, 0.05) is 5.46 Å². The van der Waals surface area contributed by atoms with Gasteiger partial charge in [-0.2, -0.15) is 0 Å². The normalized spacial score (nSPS) is 10.8. The van der Waals surface area contributed by atoms with E-state index in [1.165, 1.54) is 0 Å². The fourth-order valence-electron chi connectivity index (χ4n) is 1.31. The summed E-state index contributed by atoms with van der Waals surface area (Å²) < 4.78 is 5.50. The van der Waals surface area contributed by atoms with E-state index in [0.29, 0.717) is 17.8 Å². The minimum absolute atomic E-state index is 0.305. The molecule has 17 heavy (non-hydrogen) atoms. The van der Waals surface area contributed by atoms with Crippen molar-refractivity contribution in [2.75, 3.05) is 6.61 Å². The van der Waals surface area contributed by atoms with E-state index in [1.54, 1.807) is 42.5 Å². The van der Waals surface area contributed by atoms with Crippen LogP contribution in [0.15, 0.2) is 61.2 Å². The Morgan fingerprint density at radius 1 is 1.29 bits per heavy atom. The van der Waals surface area contributed by atoms with Crippen LogP contribution in [0.4, 0.5) is 0 Å². The lowest BCUT2D eigenvalue weighted by molar-refractivity contribution is 0.354. The van der Waals surface area contributed by atoms with Gasteiger partial charge in [-0.25, -0.2) is 0 Å². The van der Waals surface area contributed by atoms with Gasteiger partial charge < -0.3 is 14.8 Å². The molecular formula is C13H15BO3. The Bertz CT molecular complexity index is 424. The average Bonchev–Trinajstić information content (AvgIpc) is 2.34. The van der Waals surface area contributed by atoms with Crippen LogP contribution in [0.2, 0.25) is 0 Å². The van der Waals surface area contributed by atoms with Crippen LogP contribution in [0.3, 0.4) is 0 Å². The molecule has 0 saturated carbocycles. The predicted molar refractivity (Wildman–Crippen MR) is 70.2 cm³/mol. The second-order valence-electron chi connectivity index (χ2n) is 3.38. The van der Waals surface area contributed by atoms with E-state index in [9.17, 15) is 0 Å². The summed E-state index contributed by atoms with van der Waals surface area (Å²) in [5.41, 5.74) is 1.21. The molecule has 0 radical (unpaired) electrons. The quantitative estimate of drug-likeness (QED) is 0.567. The van der Waals surface area contributed by atoms with Gasteiger partial charge in [0.2, 0.25) is 0 Å². The van der Waals surface area contributed by atoms with Gasteiger partial charge >= 0.3 is 7.12 Å². The van der Waals surface area contributed by atoms with Crippen molar-refractivity contribution in [3.8, 4) is 5.75 Å². The van der Waals surface area contributed by atoms with Crippen molar-refractivity contribution in [2.45, 2.75) is 0 Å². The summed E-state index contributed by atoms with van der Waals surface area (Å²) in [6.07, 6.45) is 5.10. The van der Waals surface area contributed by atoms with Crippen molar-refractivity contribution in [2.24, 2.45) is 0 Å². The van der Waals surface area contributed by atoms with Crippen molar-refractivity contribution in [1.82, 2.24) is 0 Å². The Kier molecular flexibility index (Phi) is 5.26. The molecule has 0 bridgehead atoms. The fourth-order valence-corrected chi connectivity index (χ4v) is 1.31. The van der Waals surface area contributed by atoms with Crippen LogP contribution in [-0.4, -0.2) is 23.8 Å². The Hall–Kier alpha value is -1.78. The van der Waals surface area contributed by atoms with Crippen molar-refractivity contribution < 1.29 is 14.8 Å². The molecule has 0 amide bonds. The van der Waals surface area contributed by atoms with Crippen LogP contribution in [0.25, 0.3) is 0 Å². The van der Waals surface area contributed by atoms with E-state index in [4.69, 9.17) is 14.8 Å². The molecule has 2 N–H and O–H groups in total. The van der Waals surface area contributed by atoms with Crippen molar-refractivity contribution in [3.63, 3.8) is 0 Å². The van der Waals surface area contributed by atoms with Crippen molar-refractivity contribution in [1.29, 1.82) is 0 Å². The standard InChI is InChI=1S/C13H15BO3/c1-3-7-11(4-2)10-17-13-9-6-5-8-12(13)14(15)16/h3-9,15-16H,1-2,10H2/b11-7+. The topological polar surface area (TPSA) is 49.7 Å². The van der Waals surface area contributed by atoms with E-state index in [2.05, 4.69) is 13.2 Å². The molecule has 0 aliphatic rings. The molecule has 0 unspecified atom stereocenters. The number of hydrogen-bond acceptors (Lipinski definition) is 3. The molecule has 0 aromatic heterocycles. The smallest absolute Gasteiger partial charge is 0.489 e. The number of allylic oxidation sites excluding steroid dienone is 2. The highest BCUT2D eigenvalue weighted by Gasteiger charge is 2.16. The van der Waals surface area contributed by atoms with Crippen LogP contribution in [0.5, 0.6) is 5.75 Å². The zero-order valence-electron chi connectivity index (χ0n) is 9.54. The Balaban J connectivity index is 2.78. The number of benzene rings is 1.